The third-order valence-electron chi connectivity index (χ3n) is 5.68. The molecular weight excluding hydrogens is 320 g/mol. The van der Waals surface area contributed by atoms with Crippen LogP contribution < -0.4 is 4.74 Å². The van der Waals surface area contributed by atoms with E-state index in [4.69, 9.17) is 16.3 Å². The van der Waals surface area contributed by atoms with Crippen molar-refractivity contribution in [2.45, 2.75) is 30.6 Å². The van der Waals surface area contributed by atoms with Crippen molar-refractivity contribution < 1.29 is 9.53 Å². The van der Waals surface area contributed by atoms with Gasteiger partial charge in [0.25, 0.3) is 0 Å². The monoisotopic (exact) mass is 340 g/mol. The van der Waals surface area contributed by atoms with Gasteiger partial charge in [-0.25, -0.2) is 0 Å². The summed E-state index contributed by atoms with van der Waals surface area (Å²) < 4.78 is 5.34. The smallest absolute Gasteiger partial charge is 0.158 e. The highest BCUT2D eigenvalue weighted by atomic mass is 35.5. The van der Waals surface area contributed by atoms with Gasteiger partial charge in [0.2, 0.25) is 0 Å². The molecule has 3 heteroatoms. The van der Waals surface area contributed by atoms with Gasteiger partial charge in [-0.2, -0.15) is 0 Å². The number of ketones is 1. The fourth-order valence-electron chi connectivity index (χ4n) is 4.50. The number of carbonyl (C=O) groups excluding carboxylic acids is 1. The third kappa shape index (κ3) is 2.53. The molecule has 2 aromatic carbocycles. The highest BCUT2D eigenvalue weighted by Gasteiger charge is 2.52. The Labute approximate surface area is 147 Å². The van der Waals surface area contributed by atoms with E-state index in [1.807, 2.05) is 12.1 Å². The average Bonchev–Trinajstić information content (AvgIpc) is 2.79. The molecule has 4 atom stereocenters. The standard InChI is InChI=1S/C21H21ClO2/c1-24-15-8-10-16-14(11-15)12-18-17(19(16)21(23)20(18)22)9-7-13-5-3-2-4-6-13/h2-6,8,10-11,17-20H,7,9,12H2,1H3/t17?,18-,19+,20-/m1/s1. The molecule has 24 heavy (non-hydrogen) atoms. The molecule has 1 fully saturated rings. The van der Waals surface area contributed by atoms with Crippen LogP contribution in [0.2, 0.25) is 0 Å². The number of hydrogen-bond donors (Lipinski definition) is 0. The minimum atomic E-state index is -0.353. The van der Waals surface area contributed by atoms with Crippen LogP contribution in [0.5, 0.6) is 5.75 Å². The molecule has 0 radical (unpaired) electrons. The molecule has 0 aliphatic heterocycles. The number of ether oxygens (including phenoxy) is 1. The maximum Gasteiger partial charge on any atom is 0.158 e. The second-order valence-corrected chi connectivity index (χ2v) is 7.37. The van der Waals surface area contributed by atoms with Crippen LogP contribution in [0.1, 0.15) is 29.0 Å². The predicted molar refractivity (Wildman–Crippen MR) is 95.8 cm³/mol. The first-order valence-corrected chi connectivity index (χ1v) is 9.01. The lowest BCUT2D eigenvalue weighted by Gasteiger charge is -2.31. The van der Waals surface area contributed by atoms with Gasteiger partial charge in [0.05, 0.1) is 12.5 Å². The van der Waals surface area contributed by atoms with Gasteiger partial charge in [-0.05, 0) is 59.9 Å². The number of Topliss-reactive ketones (excluding diaryl/α,β-unsaturated/α-hetero) is 1. The van der Waals surface area contributed by atoms with E-state index >= 15 is 0 Å². The Hall–Kier alpha value is -1.80. The Bertz CT molecular complexity index is 756. The molecule has 2 aliphatic rings. The van der Waals surface area contributed by atoms with Crippen LogP contribution in [0.25, 0.3) is 0 Å². The minimum absolute atomic E-state index is 0.0455. The van der Waals surface area contributed by atoms with Crippen LogP contribution in [-0.2, 0) is 17.6 Å². The number of hydrogen-bond acceptors (Lipinski definition) is 2. The molecule has 4 rings (SSSR count). The van der Waals surface area contributed by atoms with Gasteiger partial charge in [-0.15, -0.1) is 11.6 Å². The van der Waals surface area contributed by atoms with Crippen molar-refractivity contribution in [1.29, 1.82) is 0 Å². The summed E-state index contributed by atoms with van der Waals surface area (Å²) in [6.45, 7) is 0. The van der Waals surface area contributed by atoms with Crippen molar-refractivity contribution in [1.82, 2.24) is 0 Å². The van der Waals surface area contributed by atoms with E-state index in [0.717, 1.165) is 25.0 Å². The number of benzene rings is 2. The molecule has 2 aliphatic carbocycles. The highest BCUT2D eigenvalue weighted by Crippen LogP contribution is 2.52. The Kier molecular flexibility index (Phi) is 4.09. The summed E-state index contributed by atoms with van der Waals surface area (Å²) in [6, 6.07) is 16.6. The highest BCUT2D eigenvalue weighted by molar-refractivity contribution is 6.33. The maximum absolute atomic E-state index is 12.8. The number of halogens is 1. The molecule has 1 saturated carbocycles. The molecule has 0 amide bonds. The lowest BCUT2D eigenvalue weighted by Crippen LogP contribution is -2.25. The molecule has 0 N–H and O–H groups in total. The molecule has 0 spiro atoms. The largest absolute Gasteiger partial charge is 0.497 e. The fraction of sp³-hybridized carbons (Fsp3) is 0.381. The topological polar surface area (TPSA) is 26.3 Å². The molecule has 2 nitrogen and oxygen atoms in total. The number of alkyl halides is 1. The van der Waals surface area contributed by atoms with Gasteiger partial charge in [-0.3, -0.25) is 4.79 Å². The van der Waals surface area contributed by atoms with Gasteiger partial charge in [0.15, 0.2) is 5.78 Å². The van der Waals surface area contributed by atoms with E-state index in [0.29, 0.717) is 5.92 Å². The first-order valence-electron chi connectivity index (χ1n) is 8.57. The zero-order valence-electron chi connectivity index (χ0n) is 13.7. The maximum atomic E-state index is 12.8. The van der Waals surface area contributed by atoms with Crippen molar-refractivity contribution >= 4 is 17.4 Å². The van der Waals surface area contributed by atoms with Crippen LogP contribution in [-0.4, -0.2) is 18.3 Å². The summed E-state index contributed by atoms with van der Waals surface area (Å²) in [5.74, 6) is 1.61. The van der Waals surface area contributed by atoms with E-state index in [-0.39, 0.29) is 23.0 Å². The van der Waals surface area contributed by atoms with Gasteiger partial charge in [-0.1, -0.05) is 36.4 Å². The second kappa shape index (κ2) is 6.25. The molecule has 2 bridgehead atoms. The normalized spacial score (nSPS) is 27.8. The zero-order chi connectivity index (χ0) is 16.7. The number of carbonyl (C=O) groups is 1. The molecule has 0 aromatic heterocycles. The Balaban J connectivity index is 1.63. The first kappa shape index (κ1) is 15.7. The lowest BCUT2D eigenvalue weighted by molar-refractivity contribution is -0.118. The third-order valence-corrected chi connectivity index (χ3v) is 6.22. The van der Waals surface area contributed by atoms with Crippen LogP contribution in [0.15, 0.2) is 48.5 Å². The zero-order valence-corrected chi connectivity index (χ0v) is 14.5. The van der Waals surface area contributed by atoms with Gasteiger partial charge < -0.3 is 4.74 Å². The number of methoxy groups -OCH3 is 1. The van der Waals surface area contributed by atoms with Gasteiger partial charge in [0, 0.05) is 5.92 Å². The summed E-state index contributed by atoms with van der Waals surface area (Å²) in [6.07, 6.45) is 2.89. The summed E-state index contributed by atoms with van der Waals surface area (Å²) in [5.41, 5.74) is 3.73. The average molecular weight is 341 g/mol. The predicted octanol–water partition coefficient (Wildman–Crippen LogP) is 4.39. The van der Waals surface area contributed by atoms with Crippen molar-refractivity contribution in [2.24, 2.45) is 11.8 Å². The molecule has 0 heterocycles. The minimum Gasteiger partial charge on any atom is -0.497 e. The number of rotatable bonds is 4. The quantitative estimate of drug-likeness (QED) is 0.771. The number of aryl methyl sites for hydroxylation is 1. The van der Waals surface area contributed by atoms with Crippen LogP contribution in [0.3, 0.4) is 0 Å². The number of fused-ring (bicyclic) bond motifs is 4. The first-order chi connectivity index (χ1) is 11.7. The van der Waals surface area contributed by atoms with E-state index in [1.54, 1.807) is 7.11 Å². The van der Waals surface area contributed by atoms with Crippen molar-refractivity contribution in [3.05, 3.63) is 65.2 Å². The fourth-order valence-corrected chi connectivity index (χ4v) is 4.91. The molecule has 2 aromatic rings. The molecule has 124 valence electrons. The van der Waals surface area contributed by atoms with Crippen molar-refractivity contribution in [2.75, 3.05) is 7.11 Å². The van der Waals surface area contributed by atoms with E-state index in [9.17, 15) is 4.79 Å². The molecule has 0 saturated heterocycles. The summed E-state index contributed by atoms with van der Waals surface area (Å²) in [4.78, 5) is 12.8. The Morgan fingerprint density at radius 2 is 1.96 bits per heavy atom. The van der Waals surface area contributed by atoms with Crippen LogP contribution >= 0.6 is 11.6 Å². The van der Waals surface area contributed by atoms with Gasteiger partial charge >= 0.3 is 0 Å². The lowest BCUT2D eigenvalue weighted by atomic mass is 9.72. The Morgan fingerprint density at radius 1 is 1.17 bits per heavy atom. The summed E-state index contributed by atoms with van der Waals surface area (Å²) >= 11 is 6.52. The van der Waals surface area contributed by atoms with Crippen LogP contribution in [0.4, 0.5) is 0 Å². The van der Waals surface area contributed by atoms with Crippen LogP contribution in [0, 0.1) is 11.8 Å². The summed E-state index contributed by atoms with van der Waals surface area (Å²) in [5, 5.41) is -0.353. The summed E-state index contributed by atoms with van der Waals surface area (Å²) in [7, 11) is 1.68. The second-order valence-electron chi connectivity index (χ2n) is 6.90. The molecule has 1 unspecified atom stereocenters. The van der Waals surface area contributed by atoms with Gasteiger partial charge in [0.1, 0.15) is 5.75 Å². The Morgan fingerprint density at radius 3 is 2.71 bits per heavy atom. The molecular formula is C21H21ClO2. The van der Waals surface area contributed by atoms with E-state index in [1.165, 1.54) is 16.7 Å². The van der Waals surface area contributed by atoms with Crippen molar-refractivity contribution in [3.8, 4) is 5.75 Å². The van der Waals surface area contributed by atoms with Crippen molar-refractivity contribution in [3.63, 3.8) is 0 Å². The van der Waals surface area contributed by atoms with E-state index < -0.39 is 0 Å². The SMILES string of the molecule is COc1ccc2c(c1)C[C@@H]1C(CCc3ccccc3)[C@H]2C(=O)[C@@H]1Cl. The van der Waals surface area contributed by atoms with E-state index in [2.05, 4.69) is 36.4 Å².